The molecule has 17 heavy (non-hydrogen) atoms. The summed E-state index contributed by atoms with van der Waals surface area (Å²) in [5, 5.41) is 19.9. The van der Waals surface area contributed by atoms with Gasteiger partial charge >= 0.3 is 12.0 Å². The average molecular weight is 245 g/mol. The fourth-order valence-electron chi connectivity index (χ4n) is 1.73. The fraction of sp³-hybridized carbons (Fsp3) is 0.800. The average Bonchev–Trinajstić information content (AvgIpc) is 2.74. The summed E-state index contributed by atoms with van der Waals surface area (Å²) in [4.78, 5) is 25.7. The molecule has 1 rings (SSSR count). The second-order valence-electron chi connectivity index (χ2n) is 4.39. The van der Waals surface area contributed by atoms with Crippen molar-refractivity contribution in [3.05, 3.63) is 0 Å². The van der Waals surface area contributed by atoms with E-state index in [1.807, 2.05) is 14.1 Å². The van der Waals surface area contributed by atoms with Crippen LogP contribution in [0.3, 0.4) is 0 Å². The van der Waals surface area contributed by atoms with E-state index in [1.54, 1.807) is 4.90 Å². The topological polar surface area (TPSA) is 93.1 Å². The molecule has 1 aliphatic rings. The van der Waals surface area contributed by atoms with Crippen molar-refractivity contribution >= 4 is 12.0 Å². The van der Waals surface area contributed by atoms with Gasteiger partial charge in [-0.3, -0.25) is 0 Å². The number of aliphatic hydroxyl groups is 1. The second kappa shape index (κ2) is 5.83. The second-order valence-corrected chi connectivity index (χ2v) is 4.39. The van der Waals surface area contributed by atoms with Crippen molar-refractivity contribution in [2.45, 2.75) is 18.6 Å². The Balaban J connectivity index is 2.32. The maximum Gasteiger partial charge on any atom is 0.334 e. The van der Waals surface area contributed by atoms with Crippen LogP contribution in [-0.4, -0.2) is 77.9 Å². The monoisotopic (exact) mass is 245 g/mol. The van der Waals surface area contributed by atoms with E-state index < -0.39 is 12.1 Å². The number of likely N-dealkylation sites (tertiary alicyclic amines) is 1. The highest BCUT2D eigenvalue weighted by Crippen LogP contribution is 2.12. The lowest BCUT2D eigenvalue weighted by molar-refractivity contribution is -0.146. The van der Waals surface area contributed by atoms with Crippen molar-refractivity contribution in [1.82, 2.24) is 15.1 Å². The van der Waals surface area contributed by atoms with E-state index in [4.69, 9.17) is 10.2 Å². The molecule has 2 amide bonds. The highest BCUT2D eigenvalue weighted by molar-refractivity contribution is 5.77. The summed E-state index contributed by atoms with van der Waals surface area (Å²) >= 11 is 0. The highest BCUT2D eigenvalue weighted by Gasteiger charge is 2.27. The quantitative estimate of drug-likeness (QED) is 0.577. The first-order chi connectivity index (χ1) is 7.91. The Morgan fingerprint density at radius 3 is 2.65 bits per heavy atom. The summed E-state index contributed by atoms with van der Waals surface area (Å²) in [6, 6.07) is 0.0137. The van der Waals surface area contributed by atoms with Crippen LogP contribution in [0.2, 0.25) is 0 Å². The summed E-state index contributed by atoms with van der Waals surface area (Å²) in [5.74, 6) is -1.34. The number of aliphatic hydroxyl groups excluding tert-OH is 1. The lowest BCUT2D eigenvalue weighted by Crippen LogP contribution is -2.44. The highest BCUT2D eigenvalue weighted by atomic mass is 16.4. The fourth-order valence-corrected chi connectivity index (χ4v) is 1.73. The maximum absolute atomic E-state index is 11.6. The number of rotatable bonds is 4. The Hall–Kier alpha value is -1.34. The van der Waals surface area contributed by atoms with Crippen LogP contribution in [-0.2, 0) is 4.79 Å². The molecule has 1 heterocycles. The standard InChI is InChI=1S/C10H19N3O4/c1-12(2)7-3-4-13(6-7)10(17)11-5-8(14)9(15)16/h7-8,14H,3-6H2,1-2H3,(H,11,17)(H,15,16)/t7?,8-/m0/s1. The summed E-state index contributed by atoms with van der Waals surface area (Å²) in [6.07, 6.45) is -0.645. The van der Waals surface area contributed by atoms with Gasteiger partial charge in [0.05, 0.1) is 6.54 Å². The largest absolute Gasteiger partial charge is 0.479 e. The van der Waals surface area contributed by atoms with Crippen LogP contribution in [0.25, 0.3) is 0 Å². The van der Waals surface area contributed by atoms with E-state index in [-0.39, 0.29) is 12.6 Å². The van der Waals surface area contributed by atoms with E-state index in [0.717, 1.165) is 6.42 Å². The molecule has 2 atom stereocenters. The van der Waals surface area contributed by atoms with Crippen LogP contribution in [0.15, 0.2) is 0 Å². The van der Waals surface area contributed by atoms with Crippen LogP contribution in [0, 0.1) is 0 Å². The number of urea groups is 1. The molecular formula is C10H19N3O4. The SMILES string of the molecule is CN(C)C1CCN(C(=O)NC[C@H](O)C(=O)O)C1. The Bertz CT molecular complexity index is 295. The van der Waals surface area contributed by atoms with E-state index >= 15 is 0 Å². The number of carboxylic acids is 1. The van der Waals surface area contributed by atoms with Gasteiger partial charge in [-0.05, 0) is 20.5 Å². The third-order valence-electron chi connectivity index (χ3n) is 2.91. The molecule has 0 aromatic heterocycles. The summed E-state index contributed by atoms with van der Waals surface area (Å²) in [6.45, 7) is 1.01. The number of nitrogens with one attached hydrogen (secondary N) is 1. The molecule has 0 saturated carbocycles. The van der Waals surface area contributed by atoms with Gasteiger partial charge in [0.2, 0.25) is 0 Å². The van der Waals surface area contributed by atoms with Gasteiger partial charge in [-0.25, -0.2) is 9.59 Å². The van der Waals surface area contributed by atoms with Gasteiger partial charge in [0.15, 0.2) is 6.10 Å². The molecule has 1 fully saturated rings. The van der Waals surface area contributed by atoms with Gasteiger partial charge in [0, 0.05) is 19.1 Å². The van der Waals surface area contributed by atoms with Crippen LogP contribution >= 0.6 is 0 Å². The number of nitrogens with zero attached hydrogens (tertiary/aromatic N) is 2. The van der Waals surface area contributed by atoms with E-state index in [2.05, 4.69) is 10.2 Å². The van der Waals surface area contributed by atoms with Crippen molar-refractivity contribution in [1.29, 1.82) is 0 Å². The number of likely N-dealkylation sites (N-methyl/N-ethyl adjacent to an activating group) is 1. The van der Waals surface area contributed by atoms with E-state index in [9.17, 15) is 9.59 Å². The van der Waals surface area contributed by atoms with Gasteiger partial charge in [0.25, 0.3) is 0 Å². The molecule has 1 aliphatic heterocycles. The molecule has 0 bridgehead atoms. The summed E-state index contributed by atoms with van der Waals surface area (Å²) < 4.78 is 0. The van der Waals surface area contributed by atoms with Crippen molar-refractivity contribution in [2.24, 2.45) is 0 Å². The molecule has 0 aromatic carbocycles. The Kier molecular flexibility index (Phi) is 4.71. The third-order valence-corrected chi connectivity index (χ3v) is 2.91. The Morgan fingerprint density at radius 1 is 1.53 bits per heavy atom. The van der Waals surface area contributed by atoms with Crippen molar-refractivity contribution in [3.63, 3.8) is 0 Å². The van der Waals surface area contributed by atoms with Gasteiger partial charge in [-0.15, -0.1) is 0 Å². The summed E-state index contributed by atoms with van der Waals surface area (Å²) in [5.41, 5.74) is 0. The maximum atomic E-state index is 11.6. The lowest BCUT2D eigenvalue weighted by atomic mass is 10.2. The predicted molar refractivity (Wildman–Crippen MR) is 60.7 cm³/mol. The van der Waals surface area contributed by atoms with Gasteiger partial charge in [0.1, 0.15) is 0 Å². The number of carbonyl (C=O) groups is 2. The molecule has 3 N–H and O–H groups in total. The lowest BCUT2D eigenvalue weighted by Gasteiger charge is -2.21. The zero-order valence-electron chi connectivity index (χ0n) is 10.1. The molecule has 1 saturated heterocycles. The van der Waals surface area contributed by atoms with E-state index in [0.29, 0.717) is 19.1 Å². The first-order valence-corrected chi connectivity index (χ1v) is 5.52. The van der Waals surface area contributed by atoms with E-state index in [1.165, 1.54) is 0 Å². The Morgan fingerprint density at radius 2 is 2.18 bits per heavy atom. The molecule has 0 aliphatic carbocycles. The number of hydrogen-bond donors (Lipinski definition) is 3. The number of aliphatic carboxylic acids is 1. The minimum atomic E-state index is -1.55. The molecular weight excluding hydrogens is 226 g/mol. The van der Waals surface area contributed by atoms with Gasteiger partial charge < -0.3 is 25.3 Å². The number of carboxylic acid groups (broad SMARTS) is 1. The molecule has 0 radical (unpaired) electrons. The molecule has 98 valence electrons. The minimum Gasteiger partial charge on any atom is -0.479 e. The van der Waals surface area contributed by atoms with Crippen LogP contribution in [0.5, 0.6) is 0 Å². The normalized spacial score (nSPS) is 21.6. The molecule has 1 unspecified atom stereocenters. The Labute approximate surface area is 100.0 Å². The van der Waals surface area contributed by atoms with Crippen molar-refractivity contribution in [2.75, 3.05) is 33.7 Å². The number of carbonyl (C=O) groups excluding carboxylic acids is 1. The smallest absolute Gasteiger partial charge is 0.334 e. The van der Waals surface area contributed by atoms with Crippen LogP contribution in [0.4, 0.5) is 4.79 Å². The number of hydrogen-bond acceptors (Lipinski definition) is 4. The summed E-state index contributed by atoms with van der Waals surface area (Å²) in [7, 11) is 3.92. The predicted octanol–water partition coefficient (Wildman–Crippen LogP) is -1.22. The first-order valence-electron chi connectivity index (χ1n) is 5.52. The van der Waals surface area contributed by atoms with Gasteiger partial charge in [-0.2, -0.15) is 0 Å². The first kappa shape index (κ1) is 13.7. The molecule has 7 nitrogen and oxygen atoms in total. The van der Waals surface area contributed by atoms with Crippen LogP contribution < -0.4 is 5.32 Å². The minimum absolute atomic E-state index is 0.267. The third kappa shape index (κ3) is 3.86. The molecule has 0 aromatic rings. The van der Waals surface area contributed by atoms with Crippen molar-refractivity contribution in [3.8, 4) is 0 Å². The van der Waals surface area contributed by atoms with Crippen LogP contribution in [0.1, 0.15) is 6.42 Å². The zero-order chi connectivity index (χ0) is 13.0. The molecule has 0 spiro atoms. The number of amides is 2. The molecule has 7 heteroatoms. The van der Waals surface area contributed by atoms with Gasteiger partial charge in [-0.1, -0.05) is 0 Å². The van der Waals surface area contributed by atoms with Crippen molar-refractivity contribution < 1.29 is 19.8 Å². The zero-order valence-corrected chi connectivity index (χ0v) is 10.1.